The van der Waals surface area contributed by atoms with E-state index in [0.717, 1.165) is 12.2 Å². The monoisotopic (exact) mass is 240 g/mol. The standard InChI is InChI=1S/C12H16N2O.ClH/c1-8(15)14-11-4-2-3-9(5-11)12-6-10(12)7-13;/h2-5,10,12H,6-7,13H2,1H3,(H,14,15);1H/t10-,12-;/m1./s1. The van der Waals surface area contributed by atoms with E-state index in [1.165, 1.54) is 18.9 Å². The van der Waals surface area contributed by atoms with Crippen molar-refractivity contribution in [2.45, 2.75) is 19.3 Å². The van der Waals surface area contributed by atoms with E-state index in [1.807, 2.05) is 18.2 Å². The minimum absolute atomic E-state index is 0. The molecule has 0 aliphatic heterocycles. The minimum atomic E-state index is -0.0293. The summed E-state index contributed by atoms with van der Waals surface area (Å²) in [5, 5.41) is 2.79. The molecule has 0 unspecified atom stereocenters. The Morgan fingerprint density at radius 1 is 1.56 bits per heavy atom. The second-order valence-electron chi connectivity index (χ2n) is 4.14. The van der Waals surface area contributed by atoms with E-state index >= 15 is 0 Å². The van der Waals surface area contributed by atoms with Crippen LogP contribution in [0.25, 0.3) is 0 Å². The summed E-state index contributed by atoms with van der Waals surface area (Å²) >= 11 is 0. The molecule has 2 atom stereocenters. The van der Waals surface area contributed by atoms with Gasteiger partial charge in [-0.1, -0.05) is 12.1 Å². The summed E-state index contributed by atoms with van der Waals surface area (Å²) in [5.41, 5.74) is 7.78. The van der Waals surface area contributed by atoms with Crippen LogP contribution < -0.4 is 11.1 Å². The first kappa shape index (κ1) is 13.0. The summed E-state index contributed by atoms with van der Waals surface area (Å²) in [7, 11) is 0. The van der Waals surface area contributed by atoms with Gasteiger partial charge in [-0.2, -0.15) is 0 Å². The molecule has 1 aliphatic rings. The van der Waals surface area contributed by atoms with E-state index in [1.54, 1.807) is 0 Å². The van der Waals surface area contributed by atoms with Gasteiger partial charge >= 0.3 is 0 Å². The van der Waals surface area contributed by atoms with E-state index in [4.69, 9.17) is 5.73 Å². The number of nitrogens with two attached hydrogens (primary N) is 1. The maximum absolute atomic E-state index is 10.9. The fourth-order valence-corrected chi connectivity index (χ4v) is 1.97. The predicted octanol–water partition coefficient (Wildman–Crippen LogP) is 2.13. The number of benzene rings is 1. The number of rotatable bonds is 3. The summed E-state index contributed by atoms with van der Waals surface area (Å²) in [5.74, 6) is 1.21. The Kier molecular flexibility index (Phi) is 4.33. The van der Waals surface area contributed by atoms with Crippen LogP contribution in [0.4, 0.5) is 5.69 Å². The molecule has 3 N–H and O–H groups in total. The minimum Gasteiger partial charge on any atom is -0.330 e. The average molecular weight is 241 g/mol. The SMILES string of the molecule is CC(=O)Nc1cccc([C@H]2C[C@@H]2CN)c1.Cl. The van der Waals surface area contributed by atoms with Gasteiger partial charge in [0.15, 0.2) is 0 Å². The molecule has 0 radical (unpaired) electrons. The molecule has 16 heavy (non-hydrogen) atoms. The Bertz CT molecular complexity index is 381. The third kappa shape index (κ3) is 2.97. The Hall–Kier alpha value is -1.06. The predicted molar refractivity (Wildman–Crippen MR) is 67.9 cm³/mol. The Morgan fingerprint density at radius 2 is 2.31 bits per heavy atom. The van der Waals surface area contributed by atoms with Gasteiger partial charge in [-0.15, -0.1) is 12.4 Å². The van der Waals surface area contributed by atoms with Crippen molar-refractivity contribution in [2.24, 2.45) is 11.7 Å². The van der Waals surface area contributed by atoms with Crippen molar-refractivity contribution >= 4 is 24.0 Å². The number of hydrogen-bond donors (Lipinski definition) is 2. The fourth-order valence-electron chi connectivity index (χ4n) is 1.97. The molecule has 0 spiro atoms. The number of carbonyl (C=O) groups excluding carboxylic acids is 1. The smallest absolute Gasteiger partial charge is 0.221 e. The maximum atomic E-state index is 10.9. The third-order valence-corrected chi connectivity index (χ3v) is 2.86. The molecular formula is C12H17ClN2O. The van der Waals surface area contributed by atoms with Crippen LogP contribution in [-0.4, -0.2) is 12.5 Å². The number of halogens is 1. The van der Waals surface area contributed by atoms with Gasteiger partial charge in [0, 0.05) is 12.6 Å². The zero-order valence-corrected chi connectivity index (χ0v) is 10.1. The molecule has 1 fully saturated rings. The van der Waals surface area contributed by atoms with Gasteiger partial charge in [-0.3, -0.25) is 4.79 Å². The van der Waals surface area contributed by atoms with Crippen molar-refractivity contribution in [2.75, 3.05) is 11.9 Å². The van der Waals surface area contributed by atoms with Crippen LogP contribution in [0, 0.1) is 5.92 Å². The zero-order valence-electron chi connectivity index (χ0n) is 9.27. The second-order valence-corrected chi connectivity index (χ2v) is 4.14. The summed E-state index contributed by atoms with van der Waals surface area (Å²) in [4.78, 5) is 10.9. The molecule has 0 bridgehead atoms. The van der Waals surface area contributed by atoms with Crippen LogP contribution in [0.3, 0.4) is 0 Å². The molecule has 1 aliphatic carbocycles. The maximum Gasteiger partial charge on any atom is 0.221 e. The van der Waals surface area contributed by atoms with Crippen molar-refractivity contribution in [3.63, 3.8) is 0 Å². The highest BCUT2D eigenvalue weighted by atomic mass is 35.5. The van der Waals surface area contributed by atoms with Crippen molar-refractivity contribution in [3.05, 3.63) is 29.8 Å². The lowest BCUT2D eigenvalue weighted by Gasteiger charge is -2.04. The molecular weight excluding hydrogens is 224 g/mol. The van der Waals surface area contributed by atoms with Gasteiger partial charge in [0.05, 0.1) is 0 Å². The molecule has 1 aromatic rings. The van der Waals surface area contributed by atoms with Crippen LogP contribution >= 0.6 is 12.4 Å². The molecule has 0 aromatic heterocycles. The average Bonchev–Trinajstić information content (AvgIpc) is 2.96. The summed E-state index contributed by atoms with van der Waals surface area (Å²) < 4.78 is 0. The molecule has 2 rings (SSSR count). The highest BCUT2D eigenvalue weighted by Gasteiger charge is 2.36. The number of carbonyl (C=O) groups is 1. The molecule has 3 nitrogen and oxygen atoms in total. The van der Waals surface area contributed by atoms with E-state index in [9.17, 15) is 4.79 Å². The van der Waals surface area contributed by atoms with Crippen LogP contribution in [-0.2, 0) is 4.79 Å². The van der Waals surface area contributed by atoms with Crippen molar-refractivity contribution < 1.29 is 4.79 Å². The summed E-state index contributed by atoms with van der Waals surface area (Å²) in [6.07, 6.45) is 1.18. The number of amides is 1. The summed E-state index contributed by atoms with van der Waals surface area (Å²) in [6.45, 7) is 2.28. The Labute approximate surface area is 102 Å². The highest BCUT2D eigenvalue weighted by molar-refractivity contribution is 5.88. The highest BCUT2D eigenvalue weighted by Crippen LogP contribution is 2.46. The number of anilines is 1. The van der Waals surface area contributed by atoms with Crippen molar-refractivity contribution in [1.82, 2.24) is 0 Å². The zero-order chi connectivity index (χ0) is 10.8. The van der Waals surface area contributed by atoms with Gasteiger partial charge in [-0.05, 0) is 42.5 Å². The van der Waals surface area contributed by atoms with E-state index < -0.39 is 0 Å². The van der Waals surface area contributed by atoms with Crippen LogP contribution in [0.5, 0.6) is 0 Å². The molecule has 4 heteroatoms. The van der Waals surface area contributed by atoms with Crippen LogP contribution in [0.2, 0.25) is 0 Å². The molecule has 0 heterocycles. The van der Waals surface area contributed by atoms with Crippen LogP contribution in [0.15, 0.2) is 24.3 Å². The lowest BCUT2D eigenvalue weighted by Crippen LogP contribution is -2.06. The Balaban J connectivity index is 0.00000128. The first-order valence-electron chi connectivity index (χ1n) is 5.28. The van der Waals surface area contributed by atoms with Crippen LogP contribution in [0.1, 0.15) is 24.8 Å². The first-order chi connectivity index (χ1) is 7.20. The molecule has 1 saturated carbocycles. The largest absolute Gasteiger partial charge is 0.330 e. The van der Waals surface area contributed by atoms with Gasteiger partial charge in [0.1, 0.15) is 0 Å². The quantitative estimate of drug-likeness (QED) is 0.851. The van der Waals surface area contributed by atoms with Gasteiger partial charge < -0.3 is 11.1 Å². The second kappa shape index (κ2) is 5.32. The molecule has 0 saturated heterocycles. The van der Waals surface area contributed by atoms with Gasteiger partial charge in [-0.25, -0.2) is 0 Å². The lowest BCUT2D eigenvalue weighted by atomic mass is 10.1. The van der Waals surface area contributed by atoms with E-state index in [0.29, 0.717) is 11.8 Å². The number of hydrogen-bond acceptors (Lipinski definition) is 2. The first-order valence-corrected chi connectivity index (χ1v) is 5.28. The normalized spacial score (nSPS) is 22.1. The topological polar surface area (TPSA) is 55.1 Å². The van der Waals surface area contributed by atoms with Crippen molar-refractivity contribution in [3.8, 4) is 0 Å². The van der Waals surface area contributed by atoms with Crippen molar-refractivity contribution in [1.29, 1.82) is 0 Å². The number of nitrogens with one attached hydrogen (secondary N) is 1. The lowest BCUT2D eigenvalue weighted by molar-refractivity contribution is -0.114. The molecule has 1 amide bonds. The Morgan fingerprint density at radius 3 is 2.88 bits per heavy atom. The fraction of sp³-hybridized carbons (Fsp3) is 0.417. The third-order valence-electron chi connectivity index (χ3n) is 2.86. The molecule has 1 aromatic carbocycles. The summed E-state index contributed by atoms with van der Waals surface area (Å²) in [6, 6.07) is 8.03. The van der Waals surface area contributed by atoms with Gasteiger partial charge in [0.2, 0.25) is 5.91 Å². The van der Waals surface area contributed by atoms with E-state index in [2.05, 4.69) is 11.4 Å². The van der Waals surface area contributed by atoms with Gasteiger partial charge in [0.25, 0.3) is 0 Å². The molecule has 88 valence electrons. The van der Waals surface area contributed by atoms with E-state index in [-0.39, 0.29) is 18.3 Å².